The van der Waals surface area contributed by atoms with Crippen LogP contribution in [0.4, 0.5) is 0 Å². The molecule has 0 radical (unpaired) electrons. The first-order valence-electron chi connectivity index (χ1n) is 11.8. The minimum Gasteiger partial charge on any atom is -0.495 e. The first kappa shape index (κ1) is 27.6. The van der Waals surface area contributed by atoms with E-state index in [0.29, 0.717) is 42.0 Å². The molecule has 0 atom stereocenters. The Hall–Kier alpha value is -3.02. The van der Waals surface area contributed by atoms with Crippen molar-refractivity contribution in [1.29, 1.82) is 0 Å². The predicted octanol–water partition coefficient (Wildman–Crippen LogP) is 3.83. The molecule has 0 aliphatic rings. The maximum Gasteiger partial charge on any atom is 0.326 e. The predicted molar refractivity (Wildman–Crippen MR) is 139 cm³/mol. The summed E-state index contributed by atoms with van der Waals surface area (Å²) in [6.45, 7) is 6.54. The fourth-order valence-electron chi connectivity index (χ4n) is 3.75. The average Bonchev–Trinajstić information content (AvgIpc) is 3.20. The monoisotopic (exact) mass is 533 g/mol. The summed E-state index contributed by atoms with van der Waals surface area (Å²) < 4.78 is 40.4. The molecule has 0 bridgehead atoms. The summed E-state index contributed by atoms with van der Waals surface area (Å²) in [6, 6.07) is 11.2. The summed E-state index contributed by atoms with van der Waals surface area (Å²) in [7, 11) is -2.12. The molecule has 2 aromatic carbocycles. The second-order valence-corrected chi connectivity index (χ2v) is 10.9. The minimum atomic E-state index is -3.65. The van der Waals surface area contributed by atoms with Crippen LogP contribution in [-0.2, 0) is 26.1 Å². The van der Waals surface area contributed by atoms with Gasteiger partial charge >= 0.3 is 5.97 Å². The van der Waals surface area contributed by atoms with Crippen molar-refractivity contribution in [2.45, 2.75) is 45.1 Å². The van der Waals surface area contributed by atoms with Gasteiger partial charge in [0, 0.05) is 18.7 Å². The molecule has 11 heteroatoms. The fourth-order valence-corrected chi connectivity index (χ4v) is 6.42. The molecule has 0 aliphatic carbocycles. The SMILES string of the molecule is CCCN(CCC)S(=O)(=O)c1ccc(C(=O)N=c2sc3cccc(OC)c3n2CC(=O)OCC)cc1. The van der Waals surface area contributed by atoms with Gasteiger partial charge in [-0.2, -0.15) is 9.30 Å². The first-order valence-corrected chi connectivity index (χ1v) is 14.0. The van der Waals surface area contributed by atoms with Crippen LogP contribution in [-0.4, -0.2) is 56.0 Å². The Kier molecular flexibility index (Phi) is 9.41. The molecule has 0 aliphatic heterocycles. The van der Waals surface area contributed by atoms with Gasteiger partial charge in [-0.1, -0.05) is 31.3 Å². The molecule has 0 fully saturated rings. The van der Waals surface area contributed by atoms with Gasteiger partial charge in [0.2, 0.25) is 10.0 Å². The number of esters is 1. The van der Waals surface area contributed by atoms with Crippen molar-refractivity contribution in [2.75, 3.05) is 26.8 Å². The molecule has 1 amide bonds. The number of sulfonamides is 1. The molecule has 0 saturated heterocycles. The topological polar surface area (TPSA) is 107 Å². The number of benzene rings is 2. The number of nitrogens with zero attached hydrogens (tertiary/aromatic N) is 3. The van der Waals surface area contributed by atoms with Gasteiger partial charge in [0.15, 0.2) is 4.80 Å². The normalized spacial score (nSPS) is 12.3. The number of hydrogen-bond donors (Lipinski definition) is 0. The highest BCUT2D eigenvalue weighted by molar-refractivity contribution is 7.89. The van der Waals surface area contributed by atoms with Crippen molar-refractivity contribution in [3.05, 3.63) is 52.8 Å². The number of para-hydroxylation sites is 1. The Morgan fingerprint density at radius 3 is 2.28 bits per heavy atom. The molecule has 194 valence electrons. The smallest absolute Gasteiger partial charge is 0.326 e. The van der Waals surface area contributed by atoms with Crippen molar-refractivity contribution in [3.8, 4) is 5.75 Å². The highest BCUT2D eigenvalue weighted by Gasteiger charge is 2.23. The Bertz CT molecular complexity index is 1390. The van der Waals surface area contributed by atoms with E-state index in [4.69, 9.17) is 9.47 Å². The van der Waals surface area contributed by atoms with Gasteiger partial charge in [0.25, 0.3) is 5.91 Å². The molecular formula is C25H31N3O6S2. The van der Waals surface area contributed by atoms with Crippen LogP contribution in [0.1, 0.15) is 44.0 Å². The first-order chi connectivity index (χ1) is 17.3. The largest absolute Gasteiger partial charge is 0.495 e. The fraction of sp³-hybridized carbons (Fsp3) is 0.400. The summed E-state index contributed by atoms with van der Waals surface area (Å²) in [4.78, 5) is 30.0. The number of aromatic nitrogens is 1. The van der Waals surface area contributed by atoms with Crippen LogP contribution < -0.4 is 9.54 Å². The molecule has 3 rings (SSSR count). The summed E-state index contributed by atoms with van der Waals surface area (Å²) >= 11 is 1.24. The molecule has 9 nitrogen and oxygen atoms in total. The van der Waals surface area contributed by atoms with E-state index in [2.05, 4.69) is 4.99 Å². The van der Waals surface area contributed by atoms with Crippen LogP contribution in [0.25, 0.3) is 10.2 Å². The molecule has 0 saturated carbocycles. The molecular weight excluding hydrogens is 502 g/mol. The van der Waals surface area contributed by atoms with Crippen LogP contribution >= 0.6 is 11.3 Å². The van der Waals surface area contributed by atoms with E-state index < -0.39 is 21.9 Å². The van der Waals surface area contributed by atoms with Gasteiger partial charge in [-0.15, -0.1) is 0 Å². The molecule has 0 unspecified atom stereocenters. The van der Waals surface area contributed by atoms with E-state index in [1.54, 1.807) is 17.6 Å². The van der Waals surface area contributed by atoms with Gasteiger partial charge in [0.1, 0.15) is 17.8 Å². The second kappa shape index (κ2) is 12.3. The third-order valence-electron chi connectivity index (χ3n) is 5.36. The molecule has 0 spiro atoms. The standard InChI is InChI=1S/C25H31N3O6S2/c1-5-15-27(16-6-2)36(31,32)19-13-11-18(12-14-19)24(30)26-25-28(17-22(29)34-7-3)23-20(33-4)9-8-10-21(23)35-25/h8-14H,5-7,15-17H2,1-4H3. The Labute approximate surface area is 215 Å². The zero-order valence-electron chi connectivity index (χ0n) is 20.9. The Balaban J connectivity index is 2.00. The van der Waals surface area contributed by atoms with E-state index in [0.717, 1.165) is 4.70 Å². The highest BCUT2D eigenvalue weighted by Crippen LogP contribution is 2.27. The van der Waals surface area contributed by atoms with Crippen LogP contribution in [0.5, 0.6) is 5.75 Å². The van der Waals surface area contributed by atoms with Crippen molar-refractivity contribution in [2.24, 2.45) is 4.99 Å². The van der Waals surface area contributed by atoms with E-state index >= 15 is 0 Å². The van der Waals surface area contributed by atoms with Crippen LogP contribution in [0, 0.1) is 0 Å². The summed E-state index contributed by atoms with van der Waals surface area (Å²) in [5, 5.41) is 0. The van der Waals surface area contributed by atoms with E-state index in [1.807, 2.05) is 26.0 Å². The number of thiazole rings is 1. The minimum absolute atomic E-state index is 0.130. The number of rotatable bonds is 11. The van der Waals surface area contributed by atoms with Crippen molar-refractivity contribution in [1.82, 2.24) is 8.87 Å². The number of hydrogen-bond acceptors (Lipinski definition) is 7. The van der Waals surface area contributed by atoms with Crippen LogP contribution in [0.3, 0.4) is 0 Å². The lowest BCUT2D eigenvalue weighted by atomic mass is 10.2. The lowest BCUT2D eigenvalue weighted by Crippen LogP contribution is -2.32. The van der Waals surface area contributed by atoms with E-state index in [9.17, 15) is 18.0 Å². The van der Waals surface area contributed by atoms with Crippen molar-refractivity contribution < 1.29 is 27.5 Å². The van der Waals surface area contributed by atoms with E-state index in [1.165, 1.54) is 47.0 Å². The van der Waals surface area contributed by atoms with Crippen molar-refractivity contribution in [3.63, 3.8) is 0 Å². The third-order valence-corrected chi connectivity index (χ3v) is 8.32. The second-order valence-electron chi connectivity index (χ2n) is 7.93. The molecule has 3 aromatic rings. The number of fused-ring (bicyclic) bond motifs is 1. The number of amides is 1. The van der Waals surface area contributed by atoms with Gasteiger partial charge in [0.05, 0.1) is 23.3 Å². The zero-order chi connectivity index (χ0) is 26.3. The Morgan fingerprint density at radius 1 is 1.03 bits per heavy atom. The maximum atomic E-state index is 13.0. The lowest BCUT2D eigenvalue weighted by molar-refractivity contribution is -0.143. The van der Waals surface area contributed by atoms with Crippen LogP contribution in [0.2, 0.25) is 0 Å². The number of methoxy groups -OCH3 is 1. The molecule has 1 heterocycles. The summed E-state index contributed by atoms with van der Waals surface area (Å²) in [5.74, 6) is -0.475. The molecule has 36 heavy (non-hydrogen) atoms. The average molecular weight is 534 g/mol. The molecule has 0 N–H and O–H groups in total. The zero-order valence-corrected chi connectivity index (χ0v) is 22.5. The number of ether oxygens (including phenoxy) is 2. The van der Waals surface area contributed by atoms with E-state index in [-0.39, 0.29) is 23.6 Å². The Morgan fingerprint density at radius 2 is 1.69 bits per heavy atom. The maximum absolute atomic E-state index is 13.0. The quantitative estimate of drug-likeness (QED) is 0.347. The van der Waals surface area contributed by atoms with Crippen LogP contribution in [0.15, 0.2) is 52.4 Å². The summed E-state index contributed by atoms with van der Waals surface area (Å²) in [5.41, 5.74) is 0.872. The van der Waals surface area contributed by atoms with Gasteiger partial charge in [-0.05, 0) is 56.2 Å². The number of carbonyl (C=O) groups excluding carboxylic acids is 2. The summed E-state index contributed by atoms with van der Waals surface area (Å²) in [6.07, 6.45) is 1.42. The lowest BCUT2D eigenvalue weighted by Gasteiger charge is -2.21. The third kappa shape index (κ3) is 6.03. The van der Waals surface area contributed by atoms with Gasteiger partial charge in [-0.25, -0.2) is 8.42 Å². The number of carbonyl (C=O) groups is 2. The van der Waals surface area contributed by atoms with Crippen molar-refractivity contribution >= 4 is 43.5 Å². The van der Waals surface area contributed by atoms with Gasteiger partial charge < -0.3 is 14.0 Å². The molecule has 1 aromatic heterocycles. The highest BCUT2D eigenvalue weighted by atomic mass is 32.2. The van der Waals surface area contributed by atoms with Gasteiger partial charge in [-0.3, -0.25) is 9.59 Å².